The van der Waals surface area contributed by atoms with Gasteiger partial charge in [-0.05, 0) is 25.3 Å². The van der Waals surface area contributed by atoms with E-state index in [0.29, 0.717) is 25.0 Å². The molecule has 0 bridgehead atoms. The van der Waals surface area contributed by atoms with Gasteiger partial charge < -0.3 is 15.7 Å². The fraction of sp³-hybridized carbons (Fsp3) is 0.917. The van der Waals surface area contributed by atoms with Crippen molar-refractivity contribution in [2.24, 2.45) is 5.92 Å². The lowest BCUT2D eigenvalue weighted by molar-refractivity contribution is 0.211. The van der Waals surface area contributed by atoms with Crippen LogP contribution in [0.2, 0.25) is 0 Å². The minimum atomic E-state index is -0.185. The highest BCUT2D eigenvalue weighted by Gasteiger charge is 2.24. The number of carbonyl (C=O) groups excluding carboxylic acids is 1. The molecule has 1 heterocycles. The standard InChI is InChI=1S/C12H25N3O2/c1-10(2)9-15-6-3-4-11(15)8-14-12(17)13-5-7-16/h10-11,16H,3-9H2,1-2H3,(H2,13,14,17)/t11-/m0/s1. The molecule has 0 aliphatic carbocycles. The van der Waals surface area contributed by atoms with Gasteiger partial charge >= 0.3 is 6.03 Å². The van der Waals surface area contributed by atoms with Crippen molar-refractivity contribution in [3.05, 3.63) is 0 Å². The number of nitrogens with one attached hydrogen (secondary N) is 2. The van der Waals surface area contributed by atoms with Gasteiger partial charge in [0.2, 0.25) is 0 Å². The largest absolute Gasteiger partial charge is 0.395 e. The molecule has 100 valence electrons. The van der Waals surface area contributed by atoms with Crippen molar-refractivity contribution >= 4 is 6.03 Å². The second-order valence-corrected chi connectivity index (χ2v) is 5.05. The summed E-state index contributed by atoms with van der Waals surface area (Å²) >= 11 is 0. The third-order valence-electron chi connectivity index (χ3n) is 2.99. The van der Waals surface area contributed by atoms with E-state index in [1.54, 1.807) is 0 Å². The number of hydrogen-bond donors (Lipinski definition) is 3. The van der Waals surface area contributed by atoms with Gasteiger partial charge in [0.15, 0.2) is 0 Å². The first-order chi connectivity index (χ1) is 8.13. The zero-order valence-electron chi connectivity index (χ0n) is 10.9. The Bertz CT molecular complexity index is 234. The summed E-state index contributed by atoms with van der Waals surface area (Å²) in [6, 6.07) is 0.285. The van der Waals surface area contributed by atoms with Crippen LogP contribution >= 0.6 is 0 Å². The average Bonchev–Trinajstić information content (AvgIpc) is 2.70. The van der Waals surface area contributed by atoms with Crippen molar-refractivity contribution < 1.29 is 9.90 Å². The molecule has 17 heavy (non-hydrogen) atoms. The Morgan fingerprint density at radius 2 is 2.24 bits per heavy atom. The van der Waals surface area contributed by atoms with Crippen LogP contribution in [0.25, 0.3) is 0 Å². The molecule has 0 unspecified atom stereocenters. The average molecular weight is 243 g/mol. The molecule has 1 saturated heterocycles. The number of nitrogens with zero attached hydrogens (tertiary/aromatic N) is 1. The lowest BCUT2D eigenvalue weighted by Crippen LogP contribution is -2.45. The van der Waals surface area contributed by atoms with Crippen molar-refractivity contribution in [3.8, 4) is 0 Å². The van der Waals surface area contributed by atoms with Crippen LogP contribution in [0.3, 0.4) is 0 Å². The van der Waals surface area contributed by atoms with Crippen LogP contribution in [0.5, 0.6) is 0 Å². The van der Waals surface area contributed by atoms with Crippen molar-refractivity contribution in [1.29, 1.82) is 0 Å². The molecule has 1 atom stereocenters. The van der Waals surface area contributed by atoms with E-state index in [0.717, 1.165) is 19.5 Å². The normalized spacial score (nSPS) is 20.8. The van der Waals surface area contributed by atoms with Gasteiger partial charge in [0.1, 0.15) is 0 Å². The zero-order valence-corrected chi connectivity index (χ0v) is 10.9. The predicted octanol–water partition coefficient (Wildman–Crippen LogP) is 0.398. The van der Waals surface area contributed by atoms with Crippen LogP contribution in [0.4, 0.5) is 4.79 Å². The minimum Gasteiger partial charge on any atom is -0.395 e. The number of amides is 2. The first-order valence-electron chi connectivity index (χ1n) is 6.50. The summed E-state index contributed by atoms with van der Waals surface area (Å²) in [5.41, 5.74) is 0. The molecule has 1 aliphatic rings. The first-order valence-corrected chi connectivity index (χ1v) is 6.50. The van der Waals surface area contributed by atoms with Gasteiger partial charge in [-0.15, -0.1) is 0 Å². The summed E-state index contributed by atoms with van der Waals surface area (Å²) in [4.78, 5) is 13.8. The second-order valence-electron chi connectivity index (χ2n) is 5.05. The maximum atomic E-state index is 11.3. The number of aliphatic hydroxyl groups is 1. The SMILES string of the molecule is CC(C)CN1CCC[C@H]1CNC(=O)NCCO. The minimum absolute atomic E-state index is 0.0175. The first kappa shape index (κ1) is 14.3. The molecule has 5 nitrogen and oxygen atoms in total. The van der Waals surface area contributed by atoms with Crippen LogP contribution in [-0.4, -0.2) is 54.9 Å². The van der Waals surface area contributed by atoms with Crippen molar-refractivity contribution in [2.45, 2.75) is 32.7 Å². The van der Waals surface area contributed by atoms with Crippen LogP contribution in [0.15, 0.2) is 0 Å². The van der Waals surface area contributed by atoms with Crippen molar-refractivity contribution in [3.63, 3.8) is 0 Å². The fourth-order valence-corrected chi connectivity index (χ4v) is 2.28. The molecule has 1 rings (SSSR count). The van der Waals surface area contributed by atoms with Gasteiger partial charge in [-0.3, -0.25) is 4.90 Å². The highest BCUT2D eigenvalue weighted by Crippen LogP contribution is 2.17. The van der Waals surface area contributed by atoms with E-state index in [9.17, 15) is 4.79 Å². The van der Waals surface area contributed by atoms with E-state index in [4.69, 9.17) is 5.11 Å². The van der Waals surface area contributed by atoms with Crippen LogP contribution < -0.4 is 10.6 Å². The lowest BCUT2D eigenvalue weighted by atomic mass is 10.1. The van der Waals surface area contributed by atoms with E-state index in [1.165, 1.54) is 6.42 Å². The van der Waals surface area contributed by atoms with Crippen LogP contribution in [0.1, 0.15) is 26.7 Å². The molecular formula is C12H25N3O2. The quantitative estimate of drug-likeness (QED) is 0.632. The van der Waals surface area contributed by atoms with Gasteiger partial charge in [0, 0.05) is 25.7 Å². The summed E-state index contributed by atoms with van der Waals surface area (Å²) < 4.78 is 0. The summed E-state index contributed by atoms with van der Waals surface area (Å²) in [5.74, 6) is 0.666. The molecule has 0 aromatic carbocycles. The summed E-state index contributed by atoms with van der Waals surface area (Å²) in [7, 11) is 0. The molecule has 1 aliphatic heterocycles. The summed E-state index contributed by atoms with van der Waals surface area (Å²) in [5, 5.41) is 14.0. The number of carbonyl (C=O) groups is 1. The maximum Gasteiger partial charge on any atom is 0.314 e. The Morgan fingerprint density at radius 3 is 2.88 bits per heavy atom. The number of urea groups is 1. The Balaban J connectivity index is 2.23. The van der Waals surface area contributed by atoms with Gasteiger partial charge in [0.05, 0.1) is 6.61 Å². The molecule has 0 radical (unpaired) electrons. The number of likely N-dealkylation sites (tertiary alicyclic amines) is 1. The molecule has 0 spiro atoms. The zero-order chi connectivity index (χ0) is 12.7. The molecule has 2 amide bonds. The molecule has 0 saturated carbocycles. The van der Waals surface area contributed by atoms with Crippen molar-refractivity contribution in [2.75, 3.05) is 32.8 Å². The Hall–Kier alpha value is -0.810. The number of rotatable bonds is 6. The van der Waals surface area contributed by atoms with Gasteiger partial charge in [-0.1, -0.05) is 13.8 Å². The highest BCUT2D eigenvalue weighted by molar-refractivity contribution is 5.73. The topological polar surface area (TPSA) is 64.6 Å². The molecule has 0 aromatic rings. The molecule has 1 fully saturated rings. The monoisotopic (exact) mass is 243 g/mol. The molecule has 0 aromatic heterocycles. The third-order valence-corrected chi connectivity index (χ3v) is 2.99. The molecule has 5 heteroatoms. The van der Waals surface area contributed by atoms with E-state index in [1.807, 2.05) is 0 Å². The summed E-state index contributed by atoms with van der Waals surface area (Å²) in [6.45, 7) is 7.67. The molecule has 3 N–H and O–H groups in total. The summed E-state index contributed by atoms with van der Waals surface area (Å²) in [6.07, 6.45) is 2.38. The number of aliphatic hydroxyl groups excluding tert-OH is 1. The van der Waals surface area contributed by atoms with E-state index in [-0.39, 0.29) is 12.6 Å². The van der Waals surface area contributed by atoms with Crippen LogP contribution in [-0.2, 0) is 0 Å². The van der Waals surface area contributed by atoms with Crippen LogP contribution in [0, 0.1) is 5.92 Å². The van der Waals surface area contributed by atoms with E-state index in [2.05, 4.69) is 29.4 Å². The van der Waals surface area contributed by atoms with Gasteiger partial charge in [-0.2, -0.15) is 0 Å². The van der Waals surface area contributed by atoms with E-state index >= 15 is 0 Å². The van der Waals surface area contributed by atoms with Gasteiger partial charge in [0.25, 0.3) is 0 Å². The molecular weight excluding hydrogens is 218 g/mol. The smallest absolute Gasteiger partial charge is 0.314 e. The number of hydrogen-bond acceptors (Lipinski definition) is 3. The van der Waals surface area contributed by atoms with E-state index < -0.39 is 0 Å². The Morgan fingerprint density at radius 1 is 1.47 bits per heavy atom. The van der Waals surface area contributed by atoms with Crippen molar-refractivity contribution in [1.82, 2.24) is 15.5 Å². The fourth-order valence-electron chi connectivity index (χ4n) is 2.28. The third kappa shape index (κ3) is 5.37. The second kappa shape index (κ2) is 7.50. The Labute approximate surface area is 104 Å². The highest BCUT2D eigenvalue weighted by atomic mass is 16.3. The van der Waals surface area contributed by atoms with Gasteiger partial charge in [-0.25, -0.2) is 4.79 Å². The predicted molar refractivity (Wildman–Crippen MR) is 67.9 cm³/mol. The maximum absolute atomic E-state index is 11.3. The lowest BCUT2D eigenvalue weighted by Gasteiger charge is -2.26. The Kier molecular flexibility index (Phi) is 6.29.